The van der Waals surface area contributed by atoms with Gasteiger partial charge >= 0.3 is 12.1 Å². The van der Waals surface area contributed by atoms with E-state index in [1.54, 1.807) is 6.92 Å². The van der Waals surface area contributed by atoms with Gasteiger partial charge in [0.2, 0.25) is 5.28 Å². The Morgan fingerprint density at radius 3 is 2.70 bits per heavy atom. The Morgan fingerprint density at radius 2 is 2.15 bits per heavy atom. The lowest BCUT2D eigenvalue weighted by Gasteiger charge is -2.13. The normalized spacial score (nSPS) is 12.4. The van der Waals surface area contributed by atoms with Gasteiger partial charge in [-0.15, -0.1) is 5.01 Å². The monoisotopic (exact) mass is 293 g/mol. The maximum absolute atomic E-state index is 11.4. The predicted molar refractivity (Wildman–Crippen MR) is 64.2 cm³/mol. The van der Waals surface area contributed by atoms with Crippen molar-refractivity contribution in [3.63, 3.8) is 0 Å². The van der Waals surface area contributed by atoms with E-state index in [-0.39, 0.29) is 31.0 Å². The van der Waals surface area contributed by atoms with Gasteiger partial charge in [-0.05, 0) is 13.3 Å². The Balaban J connectivity index is 4.03. The van der Waals surface area contributed by atoms with E-state index in [1.165, 1.54) is 14.0 Å². The lowest BCUT2D eigenvalue weighted by molar-refractivity contribution is -0.707. The number of rotatable bonds is 9. The average Bonchev–Trinajstić information content (AvgIpc) is 2.35. The third kappa shape index (κ3) is 8.78. The van der Waals surface area contributed by atoms with Crippen LogP contribution in [-0.4, -0.2) is 53.7 Å². The van der Waals surface area contributed by atoms with Crippen LogP contribution in [0.3, 0.4) is 0 Å². The summed E-state index contributed by atoms with van der Waals surface area (Å²) in [5, 5.41) is 24.1. The van der Waals surface area contributed by atoms with E-state index in [2.05, 4.69) is 19.6 Å². The molecule has 0 saturated heterocycles. The van der Waals surface area contributed by atoms with E-state index in [0.717, 1.165) is 5.01 Å². The molecule has 10 heteroatoms. The maximum atomic E-state index is 11.4. The van der Waals surface area contributed by atoms with Crippen LogP contribution in [0.1, 0.15) is 26.7 Å². The first kappa shape index (κ1) is 17.7. The minimum absolute atomic E-state index is 0.0542. The second-order valence-electron chi connectivity index (χ2n) is 3.69. The molecule has 1 unspecified atom stereocenters. The van der Waals surface area contributed by atoms with Crippen LogP contribution in [0.25, 0.3) is 0 Å². The van der Waals surface area contributed by atoms with Gasteiger partial charge < -0.3 is 19.8 Å². The molecular formula is C10H19N3O7. The molecule has 0 aromatic rings. The number of hydrogen-bond acceptors (Lipinski definition) is 7. The van der Waals surface area contributed by atoms with E-state index < -0.39 is 18.4 Å². The summed E-state index contributed by atoms with van der Waals surface area (Å²) in [6.07, 6.45) is -1.78. The second-order valence-corrected chi connectivity index (χ2v) is 3.69. The van der Waals surface area contributed by atoms with Crippen molar-refractivity contribution in [2.75, 3.05) is 20.2 Å². The molecule has 0 aliphatic rings. The zero-order valence-corrected chi connectivity index (χ0v) is 11.6. The Hall–Kier alpha value is -2.26. The molecule has 0 aromatic heterocycles. The van der Waals surface area contributed by atoms with Crippen molar-refractivity contribution < 1.29 is 34.0 Å². The third-order valence-corrected chi connectivity index (χ3v) is 1.95. The van der Waals surface area contributed by atoms with Crippen LogP contribution < -0.4 is 0 Å². The highest BCUT2D eigenvalue weighted by molar-refractivity contribution is 5.66. The zero-order chi connectivity index (χ0) is 15.5. The standard InChI is InChI=1S/C10H19N3O7/c1-4-18-10(16)19-8(2)20-11-13(17)12(3)7-5-6-9(14)15/h8H,4-7H2,1-3H3,(H,14,15). The van der Waals surface area contributed by atoms with Gasteiger partial charge in [-0.25, -0.2) is 4.79 Å². The van der Waals surface area contributed by atoms with Gasteiger partial charge in [0.25, 0.3) is 6.29 Å². The van der Waals surface area contributed by atoms with Crippen molar-refractivity contribution in [3.05, 3.63) is 5.21 Å². The van der Waals surface area contributed by atoms with Crippen LogP contribution in [0.4, 0.5) is 4.79 Å². The molecule has 0 radical (unpaired) electrons. The van der Waals surface area contributed by atoms with Crippen molar-refractivity contribution in [1.29, 1.82) is 0 Å². The summed E-state index contributed by atoms with van der Waals surface area (Å²) in [5.41, 5.74) is 0. The highest BCUT2D eigenvalue weighted by Crippen LogP contribution is 1.99. The van der Waals surface area contributed by atoms with E-state index in [4.69, 9.17) is 5.11 Å². The molecule has 1 N–H and O–H groups in total. The Morgan fingerprint density at radius 1 is 1.50 bits per heavy atom. The number of nitrogens with zero attached hydrogens (tertiary/aromatic N) is 3. The molecule has 0 amide bonds. The summed E-state index contributed by atoms with van der Waals surface area (Å²) >= 11 is 0. The molecule has 0 bridgehead atoms. The Kier molecular flexibility index (Phi) is 8.55. The molecule has 0 heterocycles. The van der Waals surface area contributed by atoms with E-state index in [9.17, 15) is 14.8 Å². The predicted octanol–water partition coefficient (Wildman–Crippen LogP) is 1.11. The number of aliphatic carboxylic acids is 1. The largest absolute Gasteiger partial charge is 0.569 e. The van der Waals surface area contributed by atoms with Gasteiger partial charge in [0, 0.05) is 13.3 Å². The summed E-state index contributed by atoms with van der Waals surface area (Å²) in [5.74, 6) is -0.944. The van der Waals surface area contributed by atoms with Crippen LogP contribution in [0.5, 0.6) is 0 Å². The van der Waals surface area contributed by atoms with Crippen molar-refractivity contribution in [2.24, 2.45) is 5.28 Å². The summed E-state index contributed by atoms with van der Waals surface area (Å²) in [6, 6.07) is 0. The topological polar surface area (TPSA) is 124 Å². The average molecular weight is 293 g/mol. The molecule has 0 spiro atoms. The van der Waals surface area contributed by atoms with Crippen molar-refractivity contribution >= 4 is 12.1 Å². The molecule has 20 heavy (non-hydrogen) atoms. The molecule has 0 rings (SSSR count). The molecular weight excluding hydrogens is 274 g/mol. The Bertz CT molecular complexity index is 348. The number of hydrazine groups is 1. The lowest BCUT2D eigenvalue weighted by Crippen LogP contribution is -2.28. The second kappa shape index (κ2) is 9.64. The first-order valence-corrected chi connectivity index (χ1v) is 5.97. The fraction of sp³-hybridized carbons (Fsp3) is 0.800. The lowest BCUT2D eigenvalue weighted by atomic mass is 10.3. The molecule has 0 saturated carbocycles. The molecule has 116 valence electrons. The van der Waals surface area contributed by atoms with Crippen LogP contribution in [0.2, 0.25) is 0 Å². The third-order valence-electron chi connectivity index (χ3n) is 1.95. The number of ether oxygens (including phenoxy) is 2. The van der Waals surface area contributed by atoms with Gasteiger partial charge in [-0.3, -0.25) is 9.63 Å². The van der Waals surface area contributed by atoms with E-state index in [0.29, 0.717) is 0 Å². The first-order chi connectivity index (χ1) is 9.36. The summed E-state index contributed by atoms with van der Waals surface area (Å²) in [4.78, 5) is 26.0. The van der Waals surface area contributed by atoms with Crippen LogP contribution in [-0.2, 0) is 19.1 Å². The van der Waals surface area contributed by atoms with Crippen molar-refractivity contribution in [2.45, 2.75) is 33.0 Å². The highest BCUT2D eigenvalue weighted by Gasteiger charge is 2.13. The number of carbonyl (C=O) groups is 2. The smallest absolute Gasteiger partial charge is 0.511 e. The zero-order valence-electron chi connectivity index (χ0n) is 11.6. The van der Waals surface area contributed by atoms with Gasteiger partial charge in [0.1, 0.15) is 0 Å². The molecule has 0 aliphatic heterocycles. The van der Waals surface area contributed by atoms with Gasteiger partial charge in [0.05, 0.1) is 25.2 Å². The van der Waals surface area contributed by atoms with Crippen LogP contribution in [0, 0.1) is 5.21 Å². The van der Waals surface area contributed by atoms with Gasteiger partial charge in [-0.2, -0.15) is 0 Å². The molecule has 0 aliphatic carbocycles. The van der Waals surface area contributed by atoms with Gasteiger partial charge in [-0.1, -0.05) is 0 Å². The molecule has 1 atom stereocenters. The summed E-state index contributed by atoms with van der Waals surface area (Å²) in [6.45, 7) is 3.32. The first-order valence-electron chi connectivity index (χ1n) is 5.97. The summed E-state index contributed by atoms with van der Waals surface area (Å²) < 4.78 is 9.10. The van der Waals surface area contributed by atoms with Crippen molar-refractivity contribution in [3.8, 4) is 0 Å². The highest BCUT2D eigenvalue weighted by atomic mass is 16.8. The van der Waals surface area contributed by atoms with E-state index in [1.807, 2.05) is 0 Å². The minimum atomic E-state index is -1.09. The summed E-state index contributed by atoms with van der Waals surface area (Å²) in [7, 11) is 1.42. The Labute approximate surface area is 116 Å². The number of carboxylic acid groups (broad SMARTS) is 1. The number of hydrogen-bond donors (Lipinski definition) is 1. The molecule has 0 aromatic carbocycles. The molecule has 0 fully saturated rings. The fourth-order valence-electron chi connectivity index (χ4n) is 1.02. The number of carbonyl (C=O) groups excluding carboxylic acids is 1. The SMILES string of the molecule is CCOC(=O)OC(C)ON=[N+]([O-])N(C)CCCC(=O)O. The number of carboxylic acids is 1. The van der Waals surface area contributed by atoms with E-state index >= 15 is 0 Å². The van der Waals surface area contributed by atoms with Crippen LogP contribution >= 0.6 is 0 Å². The van der Waals surface area contributed by atoms with Crippen LogP contribution in [0.15, 0.2) is 5.28 Å². The minimum Gasteiger partial charge on any atom is -0.569 e. The quantitative estimate of drug-likeness (QED) is 0.220. The van der Waals surface area contributed by atoms with Crippen molar-refractivity contribution in [1.82, 2.24) is 5.01 Å². The molecule has 10 nitrogen and oxygen atoms in total. The maximum Gasteiger partial charge on any atom is 0.511 e. The fourth-order valence-corrected chi connectivity index (χ4v) is 1.02. The van der Waals surface area contributed by atoms with Gasteiger partial charge in [0.15, 0.2) is 0 Å².